The molecule has 0 unspecified atom stereocenters. The second-order valence-corrected chi connectivity index (χ2v) is 3.51. The molecule has 0 atom stereocenters. The van der Waals surface area contributed by atoms with Gasteiger partial charge in [-0.3, -0.25) is 4.79 Å². The fourth-order valence-corrected chi connectivity index (χ4v) is 1.96. The van der Waals surface area contributed by atoms with Crippen LogP contribution in [0.1, 0.15) is 43.6 Å². The third-order valence-corrected chi connectivity index (χ3v) is 2.63. The van der Waals surface area contributed by atoms with Crippen LogP contribution in [0, 0.1) is 0 Å². The van der Waals surface area contributed by atoms with E-state index in [0.717, 1.165) is 16.3 Å². The fraction of sp³-hybridized carbons (Fsp3) is 0.250. The number of aliphatic imine (C=N–C) groups is 1. The molecule has 0 fully saturated rings. The summed E-state index contributed by atoms with van der Waals surface area (Å²) in [4.78, 5) is 15.4. The predicted molar refractivity (Wildman–Crippen MR) is 81.7 cm³/mol. The number of carbonyl (C=O) groups is 1. The molecule has 3 nitrogen and oxygen atoms in total. The summed E-state index contributed by atoms with van der Waals surface area (Å²) < 4.78 is 0. The van der Waals surface area contributed by atoms with Gasteiger partial charge in [0.1, 0.15) is 5.84 Å². The SMILES string of the molecule is CC.CC.NC1=NC(=O)c2cccc3cccc1c23. The van der Waals surface area contributed by atoms with Crippen LogP contribution in [-0.4, -0.2) is 11.7 Å². The smallest absolute Gasteiger partial charge is 0.279 e. The minimum absolute atomic E-state index is 0.253. The van der Waals surface area contributed by atoms with Gasteiger partial charge in [0.15, 0.2) is 0 Å². The summed E-state index contributed by atoms with van der Waals surface area (Å²) in [7, 11) is 0. The fourth-order valence-electron chi connectivity index (χ4n) is 1.96. The largest absolute Gasteiger partial charge is 0.383 e. The van der Waals surface area contributed by atoms with Crippen LogP contribution < -0.4 is 5.73 Å². The summed E-state index contributed by atoms with van der Waals surface area (Å²) in [5.74, 6) is 0.0566. The highest BCUT2D eigenvalue weighted by atomic mass is 16.1. The maximum absolute atomic E-state index is 11.6. The van der Waals surface area contributed by atoms with Gasteiger partial charge in [0.2, 0.25) is 0 Å². The molecule has 0 radical (unpaired) electrons. The lowest BCUT2D eigenvalue weighted by atomic mass is 9.96. The monoisotopic (exact) mass is 256 g/mol. The van der Waals surface area contributed by atoms with E-state index in [-0.39, 0.29) is 5.91 Å². The Morgan fingerprint density at radius 1 is 0.895 bits per heavy atom. The number of carbonyl (C=O) groups excluding carboxylic acids is 1. The van der Waals surface area contributed by atoms with Gasteiger partial charge in [-0.05, 0) is 11.5 Å². The van der Waals surface area contributed by atoms with Crippen molar-refractivity contribution in [3.63, 3.8) is 0 Å². The van der Waals surface area contributed by atoms with Gasteiger partial charge in [-0.2, -0.15) is 4.99 Å². The molecule has 1 aliphatic heterocycles. The Bertz CT molecular complexity index is 610. The number of benzene rings is 2. The zero-order chi connectivity index (χ0) is 14.4. The minimum Gasteiger partial charge on any atom is -0.383 e. The van der Waals surface area contributed by atoms with Crippen molar-refractivity contribution in [2.24, 2.45) is 10.7 Å². The maximum Gasteiger partial charge on any atom is 0.279 e. The minimum atomic E-state index is -0.253. The number of nitrogens with two attached hydrogens (primary N) is 1. The van der Waals surface area contributed by atoms with E-state index >= 15 is 0 Å². The first-order chi connectivity index (χ1) is 9.27. The number of amides is 1. The lowest BCUT2D eigenvalue weighted by Crippen LogP contribution is -2.20. The van der Waals surface area contributed by atoms with Crippen LogP contribution in [0.2, 0.25) is 0 Å². The third kappa shape index (κ3) is 2.65. The first kappa shape index (κ1) is 14.9. The van der Waals surface area contributed by atoms with Crippen LogP contribution >= 0.6 is 0 Å². The van der Waals surface area contributed by atoms with Crippen LogP contribution in [0.3, 0.4) is 0 Å². The van der Waals surface area contributed by atoms with Crippen molar-refractivity contribution in [1.82, 2.24) is 0 Å². The van der Waals surface area contributed by atoms with Crippen molar-refractivity contribution in [1.29, 1.82) is 0 Å². The second-order valence-electron chi connectivity index (χ2n) is 3.51. The van der Waals surface area contributed by atoms with Gasteiger partial charge < -0.3 is 5.73 Å². The van der Waals surface area contributed by atoms with E-state index in [9.17, 15) is 4.79 Å². The van der Waals surface area contributed by atoms with Gasteiger partial charge in [0.25, 0.3) is 5.91 Å². The lowest BCUT2D eigenvalue weighted by molar-refractivity contribution is 0.100. The highest BCUT2D eigenvalue weighted by molar-refractivity contribution is 6.24. The first-order valence-corrected chi connectivity index (χ1v) is 6.68. The standard InChI is InChI=1S/C12H8N2O.2C2H6/c13-11-8-5-1-3-7-4-2-6-9(10(7)8)12(15)14-11;2*1-2/h1-6H,(H2,13,14,15);2*1-2H3. The Labute approximate surface area is 114 Å². The van der Waals surface area contributed by atoms with Crippen molar-refractivity contribution < 1.29 is 4.79 Å². The maximum atomic E-state index is 11.6. The summed E-state index contributed by atoms with van der Waals surface area (Å²) in [6, 6.07) is 11.4. The topological polar surface area (TPSA) is 55.4 Å². The molecule has 19 heavy (non-hydrogen) atoms. The van der Waals surface area contributed by atoms with Crippen molar-refractivity contribution in [2.45, 2.75) is 27.7 Å². The summed E-state index contributed by atoms with van der Waals surface area (Å²) in [6.45, 7) is 8.00. The molecule has 1 aliphatic rings. The van der Waals surface area contributed by atoms with Gasteiger partial charge in [-0.25, -0.2) is 0 Å². The molecule has 2 N–H and O–H groups in total. The van der Waals surface area contributed by atoms with Crippen LogP contribution in [0.4, 0.5) is 0 Å². The molecule has 0 aliphatic carbocycles. The third-order valence-electron chi connectivity index (χ3n) is 2.63. The van der Waals surface area contributed by atoms with Crippen LogP contribution in [-0.2, 0) is 0 Å². The Hall–Kier alpha value is -2.16. The van der Waals surface area contributed by atoms with Crippen molar-refractivity contribution in [3.8, 4) is 0 Å². The molecule has 0 aromatic heterocycles. The number of nitrogens with zero attached hydrogens (tertiary/aromatic N) is 1. The Morgan fingerprint density at radius 3 is 2.00 bits per heavy atom. The van der Waals surface area contributed by atoms with Crippen LogP contribution in [0.25, 0.3) is 10.8 Å². The summed E-state index contributed by atoms with van der Waals surface area (Å²) >= 11 is 0. The van der Waals surface area contributed by atoms with E-state index in [1.165, 1.54) is 0 Å². The molecule has 0 bridgehead atoms. The Morgan fingerprint density at radius 2 is 1.42 bits per heavy atom. The van der Waals surface area contributed by atoms with Gasteiger partial charge in [-0.1, -0.05) is 58.0 Å². The summed E-state index contributed by atoms with van der Waals surface area (Å²) in [5, 5.41) is 1.94. The number of hydrogen-bond acceptors (Lipinski definition) is 2. The normalized spacial score (nSPS) is 11.8. The van der Waals surface area contributed by atoms with E-state index in [0.29, 0.717) is 11.4 Å². The Kier molecular flexibility index (Phi) is 5.24. The molecule has 0 saturated carbocycles. The van der Waals surface area contributed by atoms with Gasteiger partial charge in [-0.15, -0.1) is 0 Å². The quantitative estimate of drug-likeness (QED) is 0.780. The molecule has 2 aromatic carbocycles. The molecule has 3 rings (SSSR count). The average molecular weight is 256 g/mol. The van der Waals surface area contributed by atoms with Crippen LogP contribution in [0.5, 0.6) is 0 Å². The lowest BCUT2D eigenvalue weighted by Gasteiger charge is -2.13. The van der Waals surface area contributed by atoms with E-state index in [4.69, 9.17) is 5.73 Å². The zero-order valence-electron chi connectivity index (χ0n) is 11.9. The molecule has 100 valence electrons. The number of hydrogen-bond donors (Lipinski definition) is 1. The van der Waals surface area contributed by atoms with Gasteiger partial charge in [0, 0.05) is 10.9 Å². The molecule has 2 aromatic rings. The van der Waals surface area contributed by atoms with Crippen molar-refractivity contribution in [3.05, 3.63) is 47.5 Å². The molecule has 0 saturated heterocycles. The molecule has 1 amide bonds. The first-order valence-electron chi connectivity index (χ1n) is 6.68. The summed E-state index contributed by atoms with van der Waals surface area (Å²) in [6.07, 6.45) is 0. The van der Waals surface area contributed by atoms with Crippen molar-refractivity contribution in [2.75, 3.05) is 0 Å². The summed E-state index contributed by atoms with van der Waals surface area (Å²) in [5.41, 5.74) is 7.21. The van der Waals surface area contributed by atoms with E-state index < -0.39 is 0 Å². The Balaban J connectivity index is 0.000000415. The number of rotatable bonds is 0. The van der Waals surface area contributed by atoms with Crippen LogP contribution in [0.15, 0.2) is 41.4 Å². The zero-order valence-corrected chi connectivity index (χ0v) is 11.9. The van der Waals surface area contributed by atoms with Crippen molar-refractivity contribution >= 4 is 22.5 Å². The second kappa shape index (κ2) is 6.69. The molecular formula is C16H20N2O. The molecule has 1 heterocycles. The van der Waals surface area contributed by atoms with Gasteiger partial charge >= 0.3 is 0 Å². The average Bonchev–Trinajstić information content (AvgIpc) is 2.49. The highest BCUT2D eigenvalue weighted by Gasteiger charge is 2.19. The molecule has 3 heteroatoms. The molecular weight excluding hydrogens is 236 g/mol. The van der Waals surface area contributed by atoms with E-state index in [1.54, 1.807) is 6.07 Å². The van der Waals surface area contributed by atoms with Gasteiger partial charge in [0.05, 0.1) is 5.56 Å². The van der Waals surface area contributed by atoms with E-state index in [2.05, 4.69) is 4.99 Å². The highest BCUT2D eigenvalue weighted by Crippen LogP contribution is 2.26. The number of amidine groups is 1. The molecule has 0 spiro atoms. The predicted octanol–water partition coefficient (Wildman–Crippen LogP) is 3.75. The van der Waals surface area contributed by atoms with E-state index in [1.807, 2.05) is 58.0 Å².